The van der Waals surface area contributed by atoms with E-state index in [4.69, 9.17) is 0 Å². The molecule has 0 rings (SSSR count). The number of rotatable bonds is 5. The molecule has 0 fully saturated rings. The number of hydrogen-bond acceptors (Lipinski definition) is 2. The molecule has 0 aromatic heterocycles. The summed E-state index contributed by atoms with van der Waals surface area (Å²) in [5.74, 6) is 0.519. The Kier molecular flexibility index (Phi) is 5.14. The summed E-state index contributed by atoms with van der Waals surface area (Å²) >= 11 is 0. The molecule has 0 aliphatic rings. The number of nitrogens with zero attached hydrogens (tertiary/aromatic N) is 1. The van der Waals surface area contributed by atoms with Gasteiger partial charge in [0.1, 0.15) is 0 Å². The zero-order chi connectivity index (χ0) is 9.72. The Morgan fingerprint density at radius 1 is 1.33 bits per heavy atom. The molecule has 0 radical (unpaired) electrons. The largest absolute Gasteiger partial charge is 0.298 e. The number of carbonyl (C=O) groups excluding carboxylic acids is 1. The zero-order valence-corrected chi connectivity index (χ0v) is 8.92. The fourth-order valence-electron chi connectivity index (χ4n) is 1.34. The Bertz CT molecular complexity index is 143. The van der Waals surface area contributed by atoms with E-state index in [2.05, 4.69) is 18.7 Å². The van der Waals surface area contributed by atoms with Gasteiger partial charge in [0.15, 0.2) is 5.78 Å². The Labute approximate surface area is 75.9 Å². The summed E-state index contributed by atoms with van der Waals surface area (Å²) in [4.78, 5) is 13.7. The Hall–Kier alpha value is -0.370. The minimum absolute atomic E-state index is 0.120. The Morgan fingerprint density at radius 2 is 1.83 bits per heavy atom. The van der Waals surface area contributed by atoms with Crippen LogP contribution in [0.15, 0.2) is 0 Å². The predicted molar refractivity (Wildman–Crippen MR) is 52.2 cm³/mol. The quantitative estimate of drug-likeness (QED) is 0.630. The summed E-state index contributed by atoms with van der Waals surface area (Å²) in [6.45, 7) is 9.02. The fraction of sp³-hybridized carbons (Fsp3) is 0.900. The van der Waals surface area contributed by atoms with E-state index in [0.717, 1.165) is 13.0 Å². The van der Waals surface area contributed by atoms with Crippen LogP contribution < -0.4 is 0 Å². The average Bonchev–Trinajstić information content (AvgIpc) is 2.05. The van der Waals surface area contributed by atoms with Crippen molar-refractivity contribution in [2.75, 3.05) is 13.6 Å². The molecule has 0 aliphatic heterocycles. The SMILES string of the molecule is CC[C@H](C(=O)C(C)C)N(C)CC. The maximum absolute atomic E-state index is 11.6. The molecule has 0 heterocycles. The van der Waals surface area contributed by atoms with E-state index in [9.17, 15) is 4.79 Å². The van der Waals surface area contributed by atoms with Crippen molar-refractivity contribution in [1.82, 2.24) is 4.90 Å². The first-order valence-electron chi connectivity index (χ1n) is 4.78. The second kappa shape index (κ2) is 5.31. The van der Waals surface area contributed by atoms with Gasteiger partial charge in [0.25, 0.3) is 0 Å². The Balaban J connectivity index is 4.24. The topological polar surface area (TPSA) is 20.3 Å². The molecule has 0 spiro atoms. The fourth-order valence-corrected chi connectivity index (χ4v) is 1.34. The third-order valence-electron chi connectivity index (χ3n) is 2.32. The summed E-state index contributed by atoms with van der Waals surface area (Å²) in [5, 5.41) is 0. The van der Waals surface area contributed by atoms with Crippen molar-refractivity contribution in [2.24, 2.45) is 5.92 Å². The molecule has 72 valence electrons. The molecular weight excluding hydrogens is 150 g/mol. The lowest BCUT2D eigenvalue weighted by atomic mass is 9.99. The van der Waals surface area contributed by atoms with Gasteiger partial charge < -0.3 is 0 Å². The van der Waals surface area contributed by atoms with E-state index >= 15 is 0 Å². The highest BCUT2D eigenvalue weighted by molar-refractivity contribution is 5.85. The lowest BCUT2D eigenvalue weighted by Gasteiger charge is -2.25. The van der Waals surface area contributed by atoms with Gasteiger partial charge in [-0.2, -0.15) is 0 Å². The lowest BCUT2D eigenvalue weighted by Crippen LogP contribution is -2.39. The molecule has 2 nitrogen and oxygen atoms in total. The van der Waals surface area contributed by atoms with Crippen molar-refractivity contribution >= 4 is 5.78 Å². The number of hydrogen-bond donors (Lipinski definition) is 0. The molecule has 0 bridgehead atoms. The summed E-state index contributed by atoms with van der Waals surface area (Å²) in [6, 6.07) is 0.120. The van der Waals surface area contributed by atoms with Crippen LogP contribution >= 0.6 is 0 Å². The third kappa shape index (κ3) is 2.94. The maximum atomic E-state index is 11.6. The summed E-state index contributed by atoms with van der Waals surface area (Å²) in [6.07, 6.45) is 0.918. The van der Waals surface area contributed by atoms with Crippen LogP contribution in [0.1, 0.15) is 34.1 Å². The highest BCUT2D eigenvalue weighted by Crippen LogP contribution is 2.08. The molecule has 0 aliphatic carbocycles. The van der Waals surface area contributed by atoms with Crippen molar-refractivity contribution in [3.63, 3.8) is 0 Å². The lowest BCUT2D eigenvalue weighted by molar-refractivity contribution is -0.126. The Morgan fingerprint density at radius 3 is 2.08 bits per heavy atom. The molecule has 12 heavy (non-hydrogen) atoms. The first-order chi connectivity index (χ1) is 5.54. The normalized spacial score (nSPS) is 13.9. The molecule has 0 unspecified atom stereocenters. The number of likely N-dealkylation sites (N-methyl/N-ethyl adjacent to an activating group) is 1. The van der Waals surface area contributed by atoms with Crippen LogP contribution in [0.4, 0.5) is 0 Å². The highest BCUT2D eigenvalue weighted by Gasteiger charge is 2.21. The standard InChI is InChI=1S/C10H21NO/c1-6-9(11(5)7-2)10(12)8(3)4/h8-9H,6-7H2,1-5H3/t9-/m1/s1. The van der Waals surface area contributed by atoms with Gasteiger partial charge >= 0.3 is 0 Å². The van der Waals surface area contributed by atoms with Gasteiger partial charge in [-0.25, -0.2) is 0 Å². The van der Waals surface area contributed by atoms with Gasteiger partial charge in [-0.1, -0.05) is 27.7 Å². The van der Waals surface area contributed by atoms with Crippen molar-refractivity contribution in [2.45, 2.75) is 40.2 Å². The monoisotopic (exact) mass is 171 g/mol. The van der Waals surface area contributed by atoms with Crippen LogP contribution in [0, 0.1) is 5.92 Å². The molecule has 0 amide bonds. The average molecular weight is 171 g/mol. The van der Waals surface area contributed by atoms with E-state index < -0.39 is 0 Å². The molecule has 0 N–H and O–H groups in total. The molecule has 0 saturated heterocycles. The third-order valence-corrected chi connectivity index (χ3v) is 2.32. The van der Waals surface area contributed by atoms with Crippen LogP contribution in [0.2, 0.25) is 0 Å². The first-order valence-corrected chi connectivity index (χ1v) is 4.78. The number of carbonyl (C=O) groups is 1. The predicted octanol–water partition coefficient (Wildman–Crippen LogP) is 1.94. The van der Waals surface area contributed by atoms with Crippen LogP contribution in [0.3, 0.4) is 0 Å². The minimum atomic E-state index is 0.120. The van der Waals surface area contributed by atoms with Crippen molar-refractivity contribution in [1.29, 1.82) is 0 Å². The van der Waals surface area contributed by atoms with Crippen LogP contribution in [0.25, 0.3) is 0 Å². The van der Waals surface area contributed by atoms with Gasteiger partial charge in [-0.15, -0.1) is 0 Å². The number of Topliss-reactive ketones (excluding diaryl/α,β-unsaturated/α-hetero) is 1. The van der Waals surface area contributed by atoms with E-state index in [1.54, 1.807) is 0 Å². The molecule has 0 aromatic carbocycles. The molecule has 2 heteroatoms. The summed E-state index contributed by atoms with van der Waals surface area (Å²) in [7, 11) is 2.01. The second-order valence-electron chi connectivity index (χ2n) is 3.55. The van der Waals surface area contributed by atoms with Crippen molar-refractivity contribution in [3.8, 4) is 0 Å². The van der Waals surface area contributed by atoms with Crippen LogP contribution in [0.5, 0.6) is 0 Å². The van der Waals surface area contributed by atoms with E-state index in [0.29, 0.717) is 5.78 Å². The van der Waals surface area contributed by atoms with Gasteiger partial charge in [0.05, 0.1) is 6.04 Å². The summed E-state index contributed by atoms with van der Waals surface area (Å²) in [5.41, 5.74) is 0. The van der Waals surface area contributed by atoms with Crippen molar-refractivity contribution < 1.29 is 4.79 Å². The highest BCUT2D eigenvalue weighted by atomic mass is 16.1. The zero-order valence-electron chi connectivity index (χ0n) is 8.92. The summed E-state index contributed by atoms with van der Waals surface area (Å²) < 4.78 is 0. The van der Waals surface area contributed by atoms with Gasteiger partial charge in [-0.3, -0.25) is 9.69 Å². The maximum Gasteiger partial charge on any atom is 0.152 e. The van der Waals surface area contributed by atoms with Crippen LogP contribution in [-0.2, 0) is 4.79 Å². The van der Waals surface area contributed by atoms with Crippen molar-refractivity contribution in [3.05, 3.63) is 0 Å². The van der Waals surface area contributed by atoms with Gasteiger partial charge in [-0.05, 0) is 20.0 Å². The molecular formula is C10H21NO. The molecule has 0 aromatic rings. The van der Waals surface area contributed by atoms with Gasteiger partial charge in [0, 0.05) is 5.92 Å². The van der Waals surface area contributed by atoms with E-state index in [1.165, 1.54) is 0 Å². The molecule has 1 atom stereocenters. The minimum Gasteiger partial charge on any atom is -0.298 e. The smallest absolute Gasteiger partial charge is 0.152 e. The van der Waals surface area contributed by atoms with E-state index in [1.807, 2.05) is 20.9 Å². The first kappa shape index (κ1) is 11.6. The van der Waals surface area contributed by atoms with E-state index in [-0.39, 0.29) is 12.0 Å². The number of ketones is 1. The molecule has 0 saturated carbocycles. The van der Waals surface area contributed by atoms with Crippen LogP contribution in [-0.4, -0.2) is 30.3 Å². The van der Waals surface area contributed by atoms with Gasteiger partial charge in [0.2, 0.25) is 0 Å². The second-order valence-corrected chi connectivity index (χ2v) is 3.55.